The summed E-state index contributed by atoms with van der Waals surface area (Å²) < 4.78 is 10.4. The first-order valence-electron chi connectivity index (χ1n) is 19.2. The van der Waals surface area contributed by atoms with E-state index in [2.05, 4.69) is 16.0 Å². The second-order valence-electron chi connectivity index (χ2n) is 14.7. The minimum absolute atomic E-state index is 0.103. The van der Waals surface area contributed by atoms with Gasteiger partial charge in [-0.1, -0.05) is 85.8 Å². The summed E-state index contributed by atoms with van der Waals surface area (Å²) in [6, 6.07) is 28.6. The molecule has 4 atom stereocenters. The highest BCUT2D eigenvalue weighted by Crippen LogP contribution is 2.25. The Labute approximate surface area is 353 Å². The first kappa shape index (κ1) is 46.3. The lowest BCUT2D eigenvalue weighted by Crippen LogP contribution is -2.64. The first-order chi connectivity index (χ1) is 28.5. The zero-order valence-electron chi connectivity index (χ0n) is 33.4. The summed E-state index contributed by atoms with van der Waals surface area (Å²) in [4.78, 5) is 75.2. The minimum atomic E-state index is -1.92. The topological polar surface area (TPSA) is 249 Å². The number of carboxylic acids is 2. The van der Waals surface area contributed by atoms with Crippen LogP contribution in [0.5, 0.6) is 11.5 Å². The lowest BCUT2D eigenvalue weighted by Gasteiger charge is -2.33. The Morgan fingerprint density at radius 3 is 1.70 bits per heavy atom. The van der Waals surface area contributed by atoms with Crippen LogP contribution >= 0.6 is 12.6 Å². The third-order valence-corrected chi connectivity index (χ3v) is 10.1. The third-order valence-electron chi connectivity index (χ3n) is 9.67. The number of carbonyl (C=O) groups excluding carboxylic acids is 4. The van der Waals surface area contributed by atoms with Gasteiger partial charge in [0, 0.05) is 18.8 Å². The summed E-state index contributed by atoms with van der Waals surface area (Å²) in [6.07, 6.45) is 0.528. The molecule has 318 valence electrons. The maximum absolute atomic E-state index is 14.6. The number of ether oxygens (including phenoxy) is 2. The Bertz CT molecular complexity index is 2100. The van der Waals surface area contributed by atoms with Crippen molar-refractivity contribution in [2.75, 3.05) is 19.8 Å². The van der Waals surface area contributed by atoms with Crippen LogP contribution in [0.3, 0.4) is 0 Å². The Morgan fingerprint density at radius 2 is 1.20 bits per heavy atom. The fourth-order valence-corrected chi connectivity index (χ4v) is 6.57. The Morgan fingerprint density at radius 1 is 0.700 bits per heavy atom. The lowest BCUT2D eigenvalue weighted by molar-refractivity contribution is -0.140. The third kappa shape index (κ3) is 13.9. The van der Waals surface area contributed by atoms with Crippen LogP contribution in [0.15, 0.2) is 103 Å². The van der Waals surface area contributed by atoms with E-state index in [1.165, 1.54) is 19.1 Å². The zero-order valence-corrected chi connectivity index (χ0v) is 34.3. The van der Waals surface area contributed by atoms with Gasteiger partial charge in [0.2, 0.25) is 17.7 Å². The number of nitrogens with two attached hydrogens (primary N) is 2. The molecule has 0 fully saturated rings. The molecule has 0 bridgehead atoms. The lowest BCUT2D eigenvalue weighted by atomic mass is 9.93. The summed E-state index contributed by atoms with van der Waals surface area (Å²) >= 11 is 4.83. The molecule has 0 aliphatic rings. The second kappa shape index (κ2) is 21.6. The molecule has 0 aromatic heterocycles. The SMILES string of the molecule is C[C@@H](Cc1ccc(OCC(=O)O)cc1)C(=O)N[C@](S)(Cc1ccc(-c2ccccc2)cc1)C(=O)N[C@@H](Cc1ccc(OCC(=O)O)cc1)C(=O)NC(C)(CCCN)C(N)=O. The van der Waals surface area contributed by atoms with E-state index in [0.29, 0.717) is 23.3 Å². The average molecular weight is 842 g/mol. The zero-order chi connectivity index (χ0) is 43.9. The molecule has 4 aromatic carbocycles. The largest absolute Gasteiger partial charge is 0.482 e. The molecule has 9 N–H and O–H groups in total. The number of primary amides is 1. The van der Waals surface area contributed by atoms with Gasteiger partial charge in [0.1, 0.15) is 23.1 Å². The fraction of sp³-hybridized carbons (Fsp3) is 0.318. The summed E-state index contributed by atoms with van der Waals surface area (Å²) in [7, 11) is 0. The predicted molar refractivity (Wildman–Crippen MR) is 227 cm³/mol. The number of carbonyl (C=O) groups is 6. The molecule has 0 saturated carbocycles. The average Bonchev–Trinajstić information content (AvgIpc) is 3.22. The van der Waals surface area contributed by atoms with Gasteiger partial charge >= 0.3 is 11.9 Å². The van der Waals surface area contributed by atoms with E-state index in [1.54, 1.807) is 43.3 Å². The van der Waals surface area contributed by atoms with E-state index in [0.717, 1.165) is 16.7 Å². The molecule has 4 amide bonds. The van der Waals surface area contributed by atoms with Crippen LogP contribution in [0.25, 0.3) is 11.1 Å². The van der Waals surface area contributed by atoms with Crippen LogP contribution in [0, 0.1) is 5.92 Å². The summed E-state index contributed by atoms with van der Waals surface area (Å²) in [5, 5.41) is 26.2. The highest BCUT2D eigenvalue weighted by atomic mass is 32.1. The molecule has 0 aliphatic carbocycles. The van der Waals surface area contributed by atoms with Crippen molar-refractivity contribution >= 4 is 48.2 Å². The quantitative estimate of drug-likeness (QED) is 0.0398. The van der Waals surface area contributed by atoms with Crippen molar-refractivity contribution in [3.05, 3.63) is 120 Å². The number of carboxylic acid groups (broad SMARTS) is 2. The van der Waals surface area contributed by atoms with Crippen LogP contribution in [0.4, 0.5) is 0 Å². The number of thiol groups is 1. The van der Waals surface area contributed by atoms with Gasteiger partial charge in [0.05, 0.1) is 0 Å². The van der Waals surface area contributed by atoms with Crippen LogP contribution in [-0.2, 0) is 48.0 Å². The van der Waals surface area contributed by atoms with Crippen LogP contribution in [0.1, 0.15) is 43.4 Å². The Hall–Kier alpha value is -6.39. The van der Waals surface area contributed by atoms with E-state index in [9.17, 15) is 28.8 Å². The van der Waals surface area contributed by atoms with Gasteiger partial charge < -0.3 is 47.1 Å². The molecule has 4 rings (SSSR count). The maximum Gasteiger partial charge on any atom is 0.341 e. The summed E-state index contributed by atoms with van der Waals surface area (Å²) in [5.74, 6) is -5.24. The van der Waals surface area contributed by atoms with Crippen molar-refractivity contribution in [2.45, 2.75) is 62.4 Å². The number of hydrogen-bond donors (Lipinski definition) is 8. The molecule has 0 saturated heterocycles. The maximum atomic E-state index is 14.6. The highest BCUT2D eigenvalue weighted by Gasteiger charge is 2.41. The molecular formula is C44H51N5O10S. The highest BCUT2D eigenvalue weighted by molar-refractivity contribution is 7.82. The predicted octanol–water partition coefficient (Wildman–Crippen LogP) is 3.27. The van der Waals surface area contributed by atoms with Crippen molar-refractivity contribution in [3.8, 4) is 22.6 Å². The molecule has 16 heteroatoms. The van der Waals surface area contributed by atoms with E-state index >= 15 is 0 Å². The van der Waals surface area contributed by atoms with Crippen LogP contribution in [0.2, 0.25) is 0 Å². The van der Waals surface area contributed by atoms with Gasteiger partial charge in [0.25, 0.3) is 5.91 Å². The van der Waals surface area contributed by atoms with E-state index < -0.39 is 71.2 Å². The minimum Gasteiger partial charge on any atom is -0.482 e. The number of nitrogens with one attached hydrogen (secondary N) is 3. The standard InChI is InChI=1S/C44H51N5O10S/c1-28(23-29-11-17-34(18-12-29)58-26-37(50)51)39(54)49-44(60,25-31-9-15-33(16-10-31)32-7-4-3-5-8-32)42(57)47-36(40(55)48-43(2,41(46)56)21-6-22-45)24-30-13-19-35(20-14-30)59-27-38(52)53/h3-5,7-20,28,36,60H,6,21-27,45H2,1-2H3,(H2,46,56)(H,47,57)(H,48,55)(H,49,54)(H,50,51)(H,52,53)/t28-,36-,43?,44-/m0/s1. The normalized spacial score (nSPS) is 13.9. The summed E-state index contributed by atoms with van der Waals surface area (Å²) in [6.45, 7) is 2.31. The molecule has 0 heterocycles. The van der Waals surface area contributed by atoms with Crippen LogP contribution < -0.4 is 36.9 Å². The molecule has 0 spiro atoms. The van der Waals surface area contributed by atoms with E-state index in [4.69, 9.17) is 43.8 Å². The monoisotopic (exact) mass is 841 g/mol. The van der Waals surface area contributed by atoms with Crippen molar-refractivity contribution < 1.29 is 48.5 Å². The van der Waals surface area contributed by atoms with Gasteiger partial charge in [-0.3, -0.25) is 19.2 Å². The molecule has 60 heavy (non-hydrogen) atoms. The van der Waals surface area contributed by atoms with Gasteiger partial charge in [-0.25, -0.2) is 9.59 Å². The molecular weight excluding hydrogens is 791 g/mol. The molecule has 0 radical (unpaired) electrons. The van der Waals surface area contributed by atoms with Gasteiger partial charge in [-0.2, -0.15) is 0 Å². The molecule has 15 nitrogen and oxygen atoms in total. The first-order valence-corrected chi connectivity index (χ1v) is 19.6. The second-order valence-corrected chi connectivity index (χ2v) is 15.4. The van der Waals surface area contributed by atoms with Crippen molar-refractivity contribution in [1.29, 1.82) is 0 Å². The Balaban J connectivity index is 1.64. The molecule has 4 aromatic rings. The molecule has 0 aliphatic heterocycles. The molecule has 1 unspecified atom stereocenters. The number of rotatable bonds is 23. The van der Waals surface area contributed by atoms with Crippen LogP contribution in [-0.4, -0.2) is 82.0 Å². The van der Waals surface area contributed by atoms with Crippen molar-refractivity contribution in [2.24, 2.45) is 17.4 Å². The Kier molecular flexibility index (Phi) is 16.6. The number of benzene rings is 4. The van der Waals surface area contributed by atoms with Gasteiger partial charge in [-0.05, 0) is 84.8 Å². The van der Waals surface area contributed by atoms with Gasteiger partial charge in [0.15, 0.2) is 18.1 Å². The number of aliphatic carboxylic acids is 2. The smallest absolute Gasteiger partial charge is 0.341 e. The fourth-order valence-electron chi connectivity index (χ4n) is 6.21. The number of amides is 4. The van der Waals surface area contributed by atoms with E-state index in [-0.39, 0.29) is 38.0 Å². The van der Waals surface area contributed by atoms with E-state index in [1.807, 2.05) is 54.6 Å². The summed E-state index contributed by atoms with van der Waals surface area (Å²) in [5.41, 5.74) is 13.7. The van der Waals surface area contributed by atoms with Crippen molar-refractivity contribution in [1.82, 2.24) is 16.0 Å². The van der Waals surface area contributed by atoms with Gasteiger partial charge in [-0.15, -0.1) is 12.6 Å². The van der Waals surface area contributed by atoms with Crippen molar-refractivity contribution in [3.63, 3.8) is 0 Å². The number of hydrogen-bond acceptors (Lipinski definition) is 10.